The fourth-order valence-electron chi connectivity index (χ4n) is 1.64. The van der Waals surface area contributed by atoms with Crippen LogP contribution in [0.3, 0.4) is 0 Å². The van der Waals surface area contributed by atoms with E-state index in [1.54, 1.807) is 0 Å². The zero-order chi connectivity index (χ0) is 13.4. The Labute approximate surface area is 119 Å². The molecule has 0 aliphatic rings. The van der Waals surface area contributed by atoms with Gasteiger partial charge in [-0.25, -0.2) is 0 Å². The molecular formula is C13H22BrO3P. The Balaban J connectivity index is 2.63. The first-order valence-corrected chi connectivity index (χ1v) is 9.04. The number of rotatable bonds is 8. The van der Waals surface area contributed by atoms with Crippen molar-refractivity contribution in [3.63, 3.8) is 0 Å². The molecule has 0 aliphatic carbocycles. The summed E-state index contributed by atoms with van der Waals surface area (Å²) < 4.78 is 18.5. The van der Waals surface area contributed by atoms with E-state index in [0.29, 0.717) is 19.8 Å². The fourth-order valence-corrected chi connectivity index (χ4v) is 4.04. The zero-order valence-corrected chi connectivity index (χ0v) is 13.8. The molecule has 1 aromatic rings. The molecule has 1 aromatic carbocycles. The average molecular weight is 337 g/mol. The van der Waals surface area contributed by atoms with Gasteiger partial charge in [-0.05, 0) is 0 Å². The average Bonchev–Trinajstić information content (AvgIpc) is 2.38. The second-order valence-corrected chi connectivity index (χ2v) is 7.67. The Bertz CT molecular complexity index is 337. The SMILES string of the molecule is CCO[PH](CC)(OCC)OCc1ccc(Br)cc1. The van der Waals surface area contributed by atoms with Crippen LogP contribution in [0.1, 0.15) is 26.3 Å². The maximum atomic E-state index is 5.96. The summed E-state index contributed by atoms with van der Waals surface area (Å²) in [6.45, 7) is 7.78. The van der Waals surface area contributed by atoms with Crippen LogP contribution in [0.4, 0.5) is 0 Å². The summed E-state index contributed by atoms with van der Waals surface area (Å²) in [4.78, 5) is 0. The first kappa shape index (κ1) is 16.1. The van der Waals surface area contributed by atoms with Crippen LogP contribution in [0.25, 0.3) is 0 Å². The van der Waals surface area contributed by atoms with Gasteiger partial charge in [-0.2, -0.15) is 0 Å². The van der Waals surface area contributed by atoms with Gasteiger partial charge in [0.2, 0.25) is 0 Å². The third-order valence-corrected chi connectivity index (χ3v) is 5.97. The molecule has 0 saturated carbocycles. The molecule has 0 radical (unpaired) electrons. The Morgan fingerprint density at radius 2 is 1.50 bits per heavy atom. The molecule has 104 valence electrons. The van der Waals surface area contributed by atoms with Crippen molar-refractivity contribution >= 4 is 23.9 Å². The van der Waals surface area contributed by atoms with Crippen molar-refractivity contribution in [2.45, 2.75) is 27.4 Å². The summed E-state index contributed by atoms with van der Waals surface area (Å²) >= 11 is 3.42. The number of hydrogen-bond acceptors (Lipinski definition) is 3. The molecule has 3 nitrogen and oxygen atoms in total. The van der Waals surface area contributed by atoms with Crippen LogP contribution in [0.2, 0.25) is 0 Å². The van der Waals surface area contributed by atoms with Crippen LogP contribution >= 0.6 is 23.9 Å². The molecule has 18 heavy (non-hydrogen) atoms. The molecule has 0 aliphatic heterocycles. The van der Waals surface area contributed by atoms with E-state index in [4.69, 9.17) is 13.6 Å². The van der Waals surface area contributed by atoms with E-state index >= 15 is 0 Å². The number of halogens is 1. The quantitative estimate of drug-likeness (QED) is 0.651. The topological polar surface area (TPSA) is 27.7 Å². The van der Waals surface area contributed by atoms with Gasteiger partial charge in [0, 0.05) is 0 Å². The summed E-state index contributed by atoms with van der Waals surface area (Å²) in [5.41, 5.74) is 1.13. The third-order valence-electron chi connectivity index (χ3n) is 2.53. The van der Waals surface area contributed by atoms with Crippen molar-refractivity contribution in [1.29, 1.82) is 0 Å². The van der Waals surface area contributed by atoms with Gasteiger partial charge in [0.05, 0.1) is 0 Å². The van der Waals surface area contributed by atoms with Gasteiger partial charge in [0.15, 0.2) is 0 Å². The van der Waals surface area contributed by atoms with Crippen LogP contribution in [0, 0.1) is 0 Å². The van der Waals surface area contributed by atoms with E-state index in [-0.39, 0.29) is 0 Å². The van der Waals surface area contributed by atoms with Crippen molar-refractivity contribution in [1.82, 2.24) is 0 Å². The Hall–Kier alpha value is 0.0100. The molecule has 0 fully saturated rings. The Kier molecular flexibility index (Phi) is 7.35. The van der Waals surface area contributed by atoms with E-state index < -0.39 is 7.94 Å². The molecular weight excluding hydrogens is 315 g/mol. The van der Waals surface area contributed by atoms with E-state index in [2.05, 4.69) is 22.9 Å². The minimum atomic E-state index is -2.48. The molecule has 5 heteroatoms. The molecule has 0 unspecified atom stereocenters. The van der Waals surface area contributed by atoms with Gasteiger partial charge in [-0.1, -0.05) is 0 Å². The van der Waals surface area contributed by atoms with Gasteiger partial charge in [0.1, 0.15) is 0 Å². The monoisotopic (exact) mass is 336 g/mol. The minimum absolute atomic E-state index is 0.535. The van der Waals surface area contributed by atoms with Crippen molar-refractivity contribution < 1.29 is 13.6 Å². The predicted octanol–water partition coefficient (Wildman–Crippen LogP) is 4.55. The van der Waals surface area contributed by atoms with Crippen molar-refractivity contribution in [2.24, 2.45) is 0 Å². The predicted molar refractivity (Wildman–Crippen MR) is 81.0 cm³/mol. The molecule has 0 heterocycles. The van der Waals surface area contributed by atoms with Gasteiger partial charge in [-0.15, -0.1) is 0 Å². The molecule has 0 bridgehead atoms. The molecule has 0 spiro atoms. The van der Waals surface area contributed by atoms with Gasteiger partial charge in [-0.3, -0.25) is 0 Å². The van der Waals surface area contributed by atoms with Crippen molar-refractivity contribution in [3.05, 3.63) is 34.3 Å². The third kappa shape index (κ3) is 4.94. The standard InChI is InChI=1S/C13H22BrO3P/c1-4-15-18(6-3,16-5-2)17-11-12-7-9-13(14)10-8-12/h7-10,18H,4-6,11H2,1-3H3. The summed E-state index contributed by atoms with van der Waals surface area (Å²) in [7, 11) is -2.48. The van der Waals surface area contributed by atoms with Crippen LogP contribution in [0.15, 0.2) is 28.7 Å². The molecule has 0 aromatic heterocycles. The summed E-state index contributed by atoms with van der Waals surface area (Å²) in [6.07, 6.45) is 0.797. The van der Waals surface area contributed by atoms with Gasteiger partial charge < -0.3 is 0 Å². The van der Waals surface area contributed by atoms with Crippen LogP contribution < -0.4 is 0 Å². The second-order valence-electron chi connectivity index (χ2n) is 3.82. The Morgan fingerprint density at radius 3 is 1.94 bits per heavy atom. The number of hydrogen-bond donors (Lipinski definition) is 0. The molecule has 0 N–H and O–H groups in total. The molecule has 0 saturated heterocycles. The van der Waals surface area contributed by atoms with E-state index in [9.17, 15) is 0 Å². The van der Waals surface area contributed by atoms with E-state index in [1.807, 2.05) is 38.1 Å². The first-order valence-electron chi connectivity index (χ1n) is 6.32. The summed E-state index contributed by atoms with van der Waals surface area (Å²) in [6, 6.07) is 8.10. The molecule has 0 amide bonds. The maximum absolute atomic E-state index is 5.96. The summed E-state index contributed by atoms with van der Waals surface area (Å²) in [5.74, 6) is 0. The normalized spacial score (nSPS) is 12.7. The second kappa shape index (κ2) is 8.23. The van der Waals surface area contributed by atoms with Crippen LogP contribution in [-0.4, -0.2) is 19.4 Å². The van der Waals surface area contributed by atoms with Crippen molar-refractivity contribution in [3.8, 4) is 0 Å². The van der Waals surface area contributed by atoms with Gasteiger partial charge in [0.25, 0.3) is 0 Å². The van der Waals surface area contributed by atoms with Crippen LogP contribution in [-0.2, 0) is 20.2 Å². The first-order chi connectivity index (χ1) is 8.65. The van der Waals surface area contributed by atoms with E-state index in [0.717, 1.165) is 16.2 Å². The zero-order valence-electron chi connectivity index (χ0n) is 11.2. The molecule has 0 atom stereocenters. The summed E-state index contributed by atoms with van der Waals surface area (Å²) in [5, 5.41) is 0. The Morgan fingerprint density at radius 1 is 0.944 bits per heavy atom. The molecule has 1 rings (SSSR count). The fraction of sp³-hybridized carbons (Fsp3) is 0.538. The van der Waals surface area contributed by atoms with Gasteiger partial charge >= 0.3 is 118 Å². The van der Waals surface area contributed by atoms with Crippen LogP contribution in [0.5, 0.6) is 0 Å². The van der Waals surface area contributed by atoms with E-state index in [1.165, 1.54) is 0 Å². The number of benzene rings is 1. The van der Waals surface area contributed by atoms with Crippen molar-refractivity contribution in [2.75, 3.05) is 19.4 Å².